The predicted molar refractivity (Wildman–Crippen MR) is 97.6 cm³/mol. The summed E-state index contributed by atoms with van der Waals surface area (Å²) in [5.41, 5.74) is 3.38. The van der Waals surface area contributed by atoms with Crippen molar-refractivity contribution < 1.29 is 13.6 Å². The Kier molecular flexibility index (Phi) is 3.63. The molecule has 3 rings (SSSR count). The lowest BCUT2D eigenvalue weighted by atomic mass is 9.71. The largest absolute Gasteiger partial charge is 0.553 e. The van der Waals surface area contributed by atoms with Crippen LogP contribution in [-0.2, 0) is 4.74 Å². The molecule has 1 aromatic carbocycles. The summed E-state index contributed by atoms with van der Waals surface area (Å²) in [6.45, 7) is 14.0. The topological polar surface area (TPSA) is 31.6 Å². The van der Waals surface area contributed by atoms with Gasteiger partial charge in [0.2, 0.25) is 10.5 Å². The van der Waals surface area contributed by atoms with Gasteiger partial charge < -0.3 is 13.6 Å². The molecule has 2 heterocycles. The van der Waals surface area contributed by atoms with Gasteiger partial charge in [0.1, 0.15) is 11.3 Å². The third-order valence-corrected chi connectivity index (χ3v) is 5.05. The molecule has 0 amide bonds. The third kappa shape index (κ3) is 2.59. The molecule has 3 nitrogen and oxygen atoms in total. The number of hydrogen-bond acceptors (Lipinski definition) is 3. The molecule has 23 heavy (non-hydrogen) atoms. The van der Waals surface area contributed by atoms with Gasteiger partial charge in [-0.1, -0.05) is 34.6 Å². The SMILES string of the molecule is Cc1c(C2=C(C(C)(C)C)C(C)(C)CO2)oc2ccc(O[SiH3])cc12. The van der Waals surface area contributed by atoms with E-state index in [2.05, 4.69) is 47.6 Å². The van der Waals surface area contributed by atoms with Gasteiger partial charge in [0.25, 0.3) is 0 Å². The van der Waals surface area contributed by atoms with Crippen molar-refractivity contribution in [3.63, 3.8) is 0 Å². The minimum Gasteiger partial charge on any atom is -0.553 e. The Morgan fingerprint density at radius 2 is 1.91 bits per heavy atom. The maximum atomic E-state index is 6.17. The predicted octanol–water partition coefficient (Wildman–Crippen LogP) is 4.21. The molecule has 2 aromatic rings. The average Bonchev–Trinajstić information content (AvgIpc) is 2.95. The Hall–Kier alpha value is -1.68. The van der Waals surface area contributed by atoms with Gasteiger partial charge in [-0.15, -0.1) is 0 Å². The number of benzene rings is 1. The third-order valence-electron chi connectivity index (χ3n) is 4.58. The Labute approximate surface area is 141 Å². The smallest absolute Gasteiger partial charge is 0.204 e. The highest BCUT2D eigenvalue weighted by Gasteiger charge is 2.42. The van der Waals surface area contributed by atoms with E-state index in [1.165, 1.54) is 5.57 Å². The number of aryl methyl sites for hydroxylation is 1. The molecule has 1 aliphatic heterocycles. The fraction of sp³-hybridized carbons (Fsp3) is 0.474. The van der Waals surface area contributed by atoms with Crippen LogP contribution in [0.2, 0.25) is 0 Å². The van der Waals surface area contributed by atoms with Crippen LogP contribution in [0.15, 0.2) is 28.2 Å². The van der Waals surface area contributed by atoms with Crippen LogP contribution in [0.4, 0.5) is 0 Å². The maximum absolute atomic E-state index is 6.17. The number of furan rings is 1. The van der Waals surface area contributed by atoms with Crippen molar-refractivity contribution in [1.82, 2.24) is 0 Å². The lowest BCUT2D eigenvalue weighted by Crippen LogP contribution is -2.24. The Morgan fingerprint density at radius 3 is 2.52 bits per heavy atom. The van der Waals surface area contributed by atoms with Crippen molar-refractivity contribution in [3.8, 4) is 5.75 Å². The van der Waals surface area contributed by atoms with Crippen LogP contribution in [0.25, 0.3) is 16.7 Å². The van der Waals surface area contributed by atoms with Gasteiger partial charge in [-0.2, -0.15) is 0 Å². The van der Waals surface area contributed by atoms with E-state index in [0.29, 0.717) is 17.1 Å². The molecule has 0 radical (unpaired) electrons. The number of ether oxygens (including phenoxy) is 1. The van der Waals surface area contributed by atoms with Crippen molar-refractivity contribution in [3.05, 3.63) is 35.1 Å². The van der Waals surface area contributed by atoms with Gasteiger partial charge in [0.05, 0.1) is 6.61 Å². The molecule has 4 heteroatoms. The molecule has 0 atom stereocenters. The van der Waals surface area contributed by atoms with Crippen molar-refractivity contribution in [2.24, 2.45) is 10.8 Å². The highest BCUT2D eigenvalue weighted by atomic mass is 28.2. The minimum absolute atomic E-state index is 0.0162. The molecule has 1 aromatic heterocycles. The summed E-state index contributed by atoms with van der Waals surface area (Å²) >= 11 is 0. The van der Waals surface area contributed by atoms with Gasteiger partial charge in [0, 0.05) is 16.4 Å². The first-order valence-electron chi connectivity index (χ1n) is 8.11. The van der Waals surface area contributed by atoms with Crippen LogP contribution >= 0.6 is 0 Å². The normalized spacial score (nSPS) is 17.8. The molecule has 0 saturated carbocycles. The van der Waals surface area contributed by atoms with Crippen molar-refractivity contribution in [1.29, 1.82) is 0 Å². The molecule has 1 aliphatic rings. The molecule has 124 valence electrons. The maximum Gasteiger partial charge on any atom is 0.204 e. The van der Waals surface area contributed by atoms with E-state index in [1.807, 2.05) is 12.1 Å². The zero-order chi connectivity index (χ0) is 17.0. The zero-order valence-corrected chi connectivity index (χ0v) is 17.2. The highest BCUT2D eigenvalue weighted by molar-refractivity contribution is 6.00. The summed E-state index contributed by atoms with van der Waals surface area (Å²) in [6, 6.07) is 6.00. The summed E-state index contributed by atoms with van der Waals surface area (Å²) in [7, 11) is 0.684. The van der Waals surface area contributed by atoms with Crippen LogP contribution in [-0.4, -0.2) is 17.1 Å². The van der Waals surface area contributed by atoms with E-state index in [1.54, 1.807) is 0 Å². The van der Waals surface area contributed by atoms with E-state index >= 15 is 0 Å². The summed E-state index contributed by atoms with van der Waals surface area (Å²) in [5.74, 6) is 2.68. The van der Waals surface area contributed by atoms with E-state index in [0.717, 1.165) is 33.8 Å². The summed E-state index contributed by atoms with van der Waals surface area (Å²) in [4.78, 5) is 0. The fourth-order valence-electron chi connectivity index (χ4n) is 3.78. The minimum atomic E-state index is 0.0162. The average molecular weight is 331 g/mol. The number of fused-ring (bicyclic) bond motifs is 1. The Morgan fingerprint density at radius 1 is 1.22 bits per heavy atom. The van der Waals surface area contributed by atoms with E-state index in [9.17, 15) is 0 Å². The molecule has 0 unspecified atom stereocenters. The fourth-order valence-corrected chi connectivity index (χ4v) is 4.04. The van der Waals surface area contributed by atoms with Crippen LogP contribution in [0.5, 0.6) is 5.75 Å². The second-order valence-corrected chi connectivity index (χ2v) is 8.45. The molecule has 0 bridgehead atoms. The highest BCUT2D eigenvalue weighted by Crippen LogP contribution is 2.50. The number of hydrogen-bond donors (Lipinski definition) is 0. The number of rotatable bonds is 2. The van der Waals surface area contributed by atoms with E-state index < -0.39 is 0 Å². The summed E-state index contributed by atoms with van der Waals surface area (Å²) in [6.07, 6.45) is 0. The van der Waals surface area contributed by atoms with Crippen molar-refractivity contribution in [2.75, 3.05) is 6.61 Å². The second kappa shape index (κ2) is 5.16. The van der Waals surface area contributed by atoms with Gasteiger partial charge in [0.15, 0.2) is 11.5 Å². The molecule has 0 fully saturated rings. The van der Waals surface area contributed by atoms with Crippen LogP contribution in [0.1, 0.15) is 45.9 Å². The molecular formula is C19H26O3Si. The van der Waals surface area contributed by atoms with Gasteiger partial charge in [-0.3, -0.25) is 0 Å². The second-order valence-electron chi connectivity index (χ2n) is 8.04. The Bertz CT molecular complexity index is 791. The monoisotopic (exact) mass is 330 g/mol. The summed E-state index contributed by atoms with van der Waals surface area (Å²) in [5, 5.41) is 1.10. The quantitative estimate of drug-likeness (QED) is 0.773. The molecule has 0 saturated heterocycles. The van der Waals surface area contributed by atoms with Crippen LogP contribution in [0, 0.1) is 17.8 Å². The Balaban J connectivity index is 2.25. The van der Waals surface area contributed by atoms with Crippen molar-refractivity contribution in [2.45, 2.75) is 41.5 Å². The lowest BCUT2D eigenvalue weighted by molar-refractivity contribution is 0.210. The first-order valence-corrected chi connectivity index (χ1v) is 8.92. The van der Waals surface area contributed by atoms with Crippen molar-refractivity contribution >= 4 is 27.2 Å². The first kappa shape index (κ1) is 16.2. The van der Waals surface area contributed by atoms with Gasteiger partial charge in [-0.05, 0) is 36.1 Å². The molecular weight excluding hydrogens is 304 g/mol. The lowest BCUT2D eigenvalue weighted by Gasteiger charge is -2.30. The first-order chi connectivity index (χ1) is 10.6. The van der Waals surface area contributed by atoms with Crippen LogP contribution < -0.4 is 4.43 Å². The molecule has 0 N–H and O–H groups in total. The zero-order valence-electron chi connectivity index (χ0n) is 15.2. The van der Waals surface area contributed by atoms with Gasteiger partial charge in [-0.25, -0.2) is 0 Å². The standard InChI is InChI=1S/C19H26O3Si/c1-11-13-9-12(22-23)7-8-14(13)21-15(11)16-17(18(2,3)4)19(5,6)10-20-16/h7-9H,10H2,1-6,23H3. The molecule has 0 aliphatic carbocycles. The van der Waals surface area contributed by atoms with E-state index in [-0.39, 0.29) is 10.8 Å². The van der Waals surface area contributed by atoms with Gasteiger partial charge >= 0.3 is 0 Å². The van der Waals surface area contributed by atoms with E-state index in [4.69, 9.17) is 13.6 Å². The van der Waals surface area contributed by atoms with Crippen LogP contribution in [0.3, 0.4) is 0 Å². The molecule has 0 spiro atoms. The summed E-state index contributed by atoms with van der Waals surface area (Å²) < 4.78 is 17.8.